The number of hydrogen-bond acceptors (Lipinski definition) is 4. The van der Waals surface area contributed by atoms with Gasteiger partial charge < -0.3 is 9.42 Å². The molecule has 0 aromatic carbocycles. The molecule has 1 aliphatic carbocycles. The molecule has 6 nitrogen and oxygen atoms in total. The number of amides is 1. The highest BCUT2D eigenvalue weighted by atomic mass is 16.5. The Hall–Kier alpha value is -1.56. The topological polar surface area (TPSA) is 69.5 Å². The van der Waals surface area contributed by atoms with E-state index in [2.05, 4.69) is 23.9 Å². The van der Waals surface area contributed by atoms with Crippen molar-refractivity contribution in [2.75, 3.05) is 26.2 Å². The van der Waals surface area contributed by atoms with Gasteiger partial charge in [0.15, 0.2) is 0 Å². The van der Waals surface area contributed by atoms with Crippen molar-refractivity contribution in [3.63, 3.8) is 0 Å². The SMILES string of the molecule is CC(C)C1CN(C(=O)CCc2cc(=O)[nH]o2)CCCN1CC1CC1. The van der Waals surface area contributed by atoms with Gasteiger partial charge in [0.1, 0.15) is 5.76 Å². The zero-order chi connectivity index (χ0) is 17.1. The lowest BCUT2D eigenvalue weighted by Gasteiger charge is -2.34. The van der Waals surface area contributed by atoms with Crippen LogP contribution in [-0.2, 0) is 11.2 Å². The Bertz CT molecular complexity index is 603. The summed E-state index contributed by atoms with van der Waals surface area (Å²) in [6.07, 6.45) is 4.65. The molecule has 2 heterocycles. The van der Waals surface area contributed by atoms with Crippen molar-refractivity contribution in [3.8, 4) is 0 Å². The number of aromatic nitrogens is 1. The number of H-pyrrole nitrogens is 1. The molecule has 1 saturated heterocycles. The second-order valence-corrected chi connectivity index (χ2v) is 7.62. The fourth-order valence-electron chi connectivity index (χ4n) is 3.61. The van der Waals surface area contributed by atoms with Gasteiger partial charge in [-0.05, 0) is 31.1 Å². The highest BCUT2D eigenvalue weighted by molar-refractivity contribution is 5.76. The number of carbonyl (C=O) groups excluding carboxylic acids is 1. The molecule has 2 fully saturated rings. The van der Waals surface area contributed by atoms with Gasteiger partial charge in [-0.25, -0.2) is 0 Å². The third-order valence-electron chi connectivity index (χ3n) is 5.22. The third-order valence-corrected chi connectivity index (χ3v) is 5.22. The number of hydrogen-bond donors (Lipinski definition) is 1. The number of nitrogens with one attached hydrogen (secondary N) is 1. The molecule has 1 aromatic heterocycles. The van der Waals surface area contributed by atoms with Crippen LogP contribution in [0.1, 0.15) is 45.3 Å². The summed E-state index contributed by atoms with van der Waals surface area (Å²) in [4.78, 5) is 28.3. The minimum Gasteiger partial charge on any atom is -0.384 e. The molecule has 1 amide bonds. The van der Waals surface area contributed by atoms with E-state index in [1.807, 2.05) is 4.90 Å². The van der Waals surface area contributed by atoms with Crippen molar-refractivity contribution in [3.05, 3.63) is 22.2 Å². The lowest BCUT2D eigenvalue weighted by Crippen LogP contribution is -2.46. The van der Waals surface area contributed by atoms with Crippen LogP contribution in [0.3, 0.4) is 0 Å². The average Bonchev–Trinajstić information content (AvgIpc) is 3.30. The maximum Gasteiger partial charge on any atom is 0.280 e. The van der Waals surface area contributed by atoms with E-state index in [0.717, 1.165) is 32.0 Å². The lowest BCUT2D eigenvalue weighted by molar-refractivity contribution is -0.131. The predicted octanol–water partition coefficient (Wildman–Crippen LogP) is 1.87. The molecule has 134 valence electrons. The Labute approximate surface area is 143 Å². The summed E-state index contributed by atoms with van der Waals surface area (Å²) in [5.74, 6) is 2.14. The Morgan fingerprint density at radius 3 is 2.79 bits per heavy atom. The van der Waals surface area contributed by atoms with E-state index < -0.39 is 0 Å². The van der Waals surface area contributed by atoms with Crippen molar-refractivity contribution in [1.82, 2.24) is 15.0 Å². The summed E-state index contributed by atoms with van der Waals surface area (Å²) in [7, 11) is 0. The lowest BCUT2D eigenvalue weighted by atomic mass is 10.0. The fraction of sp³-hybridized carbons (Fsp3) is 0.778. The molecule has 1 N–H and O–H groups in total. The summed E-state index contributed by atoms with van der Waals surface area (Å²) >= 11 is 0. The minimum atomic E-state index is -0.247. The zero-order valence-electron chi connectivity index (χ0n) is 14.8. The molecule has 1 aliphatic heterocycles. The van der Waals surface area contributed by atoms with Crippen molar-refractivity contribution in [2.45, 2.75) is 52.0 Å². The maximum absolute atomic E-state index is 12.6. The number of carbonyl (C=O) groups is 1. The quantitative estimate of drug-likeness (QED) is 0.862. The standard InChI is InChI=1S/C18H29N3O3/c1-13(2)16-12-21(9-3-8-20(16)11-14-4-5-14)18(23)7-6-15-10-17(22)19-24-15/h10,13-14,16H,3-9,11-12H2,1-2H3,(H,19,22). The molecule has 24 heavy (non-hydrogen) atoms. The van der Waals surface area contributed by atoms with Gasteiger partial charge in [-0.1, -0.05) is 13.8 Å². The first-order chi connectivity index (χ1) is 11.5. The van der Waals surface area contributed by atoms with Gasteiger partial charge in [0.2, 0.25) is 5.91 Å². The van der Waals surface area contributed by atoms with Crippen LogP contribution in [0.15, 0.2) is 15.4 Å². The number of aryl methyl sites for hydroxylation is 1. The first-order valence-electron chi connectivity index (χ1n) is 9.22. The van der Waals surface area contributed by atoms with E-state index in [9.17, 15) is 9.59 Å². The average molecular weight is 335 g/mol. The Balaban J connectivity index is 1.57. The van der Waals surface area contributed by atoms with Gasteiger partial charge in [-0.3, -0.25) is 14.5 Å². The third kappa shape index (κ3) is 4.50. The summed E-state index contributed by atoms with van der Waals surface area (Å²) in [6, 6.07) is 1.87. The first kappa shape index (κ1) is 17.3. The molecule has 1 atom stereocenters. The summed E-state index contributed by atoms with van der Waals surface area (Å²) in [6.45, 7) is 8.45. The smallest absolute Gasteiger partial charge is 0.280 e. The summed E-state index contributed by atoms with van der Waals surface area (Å²) in [5, 5.41) is 2.27. The van der Waals surface area contributed by atoms with Gasteiger partial charge in [0.25, 0.3) is 5.56 Å². The number of rotatable bonds is 6. The van der Waals surface area contributed by atoms with Gasteiger partial charge in [0.05, 0.1) is 0 Å². The van der Waals surface area contributed by atoms with E-state index in [1.54, 1.807) is 0 Å². The van der Waals surface area contributed by atoms with Gasteiger partial charge in [-0.15, -0.1) is 0 Å². The van der Waals surface area contributed by atoms with E-state index >= 15 is 0 Å². The predicted molar refractivity (Wildman–Crippen MR) is 91.8 cm³/mol. The van der Waals surface area contributed by atoms with E-state index in [-0.39, 0.29) is 11.5 Å². The molecule has 6 heteroatoms. The molecule has 3 rings (SSSR count). The Morgan fingerprint density at radius 2 is 2.17 bits per heavy atom. The highest BCUT2D eigenvalue weighted by Crippen LogP contribution is 2.31. The zero-order valence-corrected chi connectivity index (χ0v) is 14.8. The van der Waals surface area contributed by atoms with E-state index in [0.29, 0.717) is 30.6 Å². The molecule has 0 bridgehead atoms. The Morgan fingerprint density at radius 1 is 1.38 bits per heavy atom. The molecular weight excluding hydrogens is 306 g/mol. The largest absolute Gasteiger partial charge is 0.384 e. The second kappa shape index (κ2) is 7.55. The molecule has 2 aliphatic rings. The maximum atomic E-state index is 12.6. The molecule has 0 spiro atoms. The van der Waals surface area contributed by atoms with Crippen molar-refractivity contribution in [1.29, 1.82) is 0 Å². The molecule has 0 radical (unpaired) electrons. The molecule has 1 unspecified atom stereocenters. The van der Waals surface area contributed by atoms with Gasteiger partial charge >= 0.3 is 0 Å². The van der Waals surface area contributed by atoms with Crippen molar-refractivity contribution >= 4 is 5.91 Å². The minimum absolute atomic E-state index is 0.165. The first-order valence-corrected chi connectivity index (χ1v) is 9.22. The van der Waals surface area contributed by atoms with Crippen molar-refractivity contribution < 1.29 is 9.32 Å². The van der Waals surface area contributed by atoms with Crippen LogP contribution in [0.5, 0.6) is 0 Å². The van der Waals surface area contributed by atoms with Crippen LogP contribution in [0.2, 0.25) is 0 Å². The van der Waals surface area contributed by atoms with Crippen LogP contribution in [0, 0.1) is 11.8 Å². The summed E-state index contributed by atoms with van der Waals surface area (Å²) in [5.41, 5.74) is -0.247. The van der Waals surface area contributed by atoms with Crippen LogP contribution in [-0.4, -0.2) is 53.1 Å². The van der Waals surface area contributed by atoms with Crippen LogP contribution >= 0.6 is 0 Å². The Kier molecular flexibility index (Phi) is 5.43. The number of aromatic amines is 1. The molecular formula is C18H29N3O3. The molecule has 1 aromatic rings. The van der Waals surface area contributed by atoms with Crippen LogP contribution < -0.4 is 5.56 Å². The normalized spacial score (nSPS) is 22.8. The second-order valence-electron chi connectivity index (χ2n) is 7.62. The monoisotopic (exact) mass is 335 g/mol. The van der Waals surface area contributed by atoms with Crippen LogP contribution in [0.4, 0.5) is 0 Å². The van der Waals surface area contributed by atoms with E-state index in [1.165, 1.54) is 25.5 Å². The molecule has 1 saturated carbocycles. The highest BCUT2D eigenvalue weighted by Gasteiger charge is 2.33. The fourth-order valence-corrected chi connectivity index (χ4v) is 3.61. The van der Waals surface area contributed by atoms with Gasteiger partial charge in [-0.2, -0.15) is 5.16 Å². The van der Waals surface area contributed by atoms with E-state index in [4.69, 9.17) is 4.52 Å². The van der Waals surface area contributed by atoms with Crippen LogP contribution in [0.25, 0.3) is 0 Å². The van der Waals surface area contributed by atoms with Gasteiger partial charge in [0, 0.05) is 51.1 Å². The van der Waals surface area contributed by atoms with Crippen molar-refractivity contribution in [2.24, 2.45) is 11.8 Å². The number of nitrogens with zero attached hydrogens (tertiary/aromatic N) is 2. The summed E-state index contributed by atoms with van der Waals surface area (Å²) < 4.78 is 5.04.